The highest BCUT2D eigenvalue weighted by atomic mass is 32.2. The summed E-state index contributed by atoms with van der Waals surface area (Å²) in [5.74, 6) is -5.05. The molecule has 0 atom stereocenters. The Morgan fingerprint density at radius 2 is 2.05 bits per heavy atom. The van der Waals surface area contributed by atoms with Crippen molar-refractivity contribution in [2.75, 3.05) is 4.72 Å². The fourth-order valence-corrected chi connectivity index (χ4v) is 2.48. The summed E-state index contributed by atoms with van der Waals surface area (Å²) < 4.78 is 52.4. The molecular weight excluding hydrogens is 296 g/mol. The first kappa shape index (κ1) is 13.9. The Morgan fingerprint density at radius 1 is 1.35 bits per heavy atom. The lowest BCUT2D eigenvalue weighted by Crippen LogP contribution is -2.17. The molecule has 7 nitrogen and oxygen atoms in total. The molecule has 0 aliphatic heterocycles. The van der Waals surface area contributed by atoms with E-state index in [1.165, 1.54) is 12.4 Å². The van der Waals surface area contributed by atoms with Gasteiger partial charge >= 0.3 is 5.97 Å². The highest BCUT2D eigenvalue weighted by Gasteiger charge is 2.25. The van der Waals surface area contributed by atoms with Gasteiger partial charge in [-0.1, -0.05) is 0 Å². The van der Waals surface area contributed by atoms with Crippen LogP contribution in [0.25, 0.3) is 0 Å². The number of hydrogen-bond acceptors (Lipinski definition) is 4. The van der Waals surface area contributed by atoms with Gasteiger partial charge in [-0.2, -0.15) is 0 Å². The summed E-state index contributed by atoms with van der Waals surface area (Å²) in [5.41, 5.74) is -0.691. The van der Waals surface area contributed by atoms with Crippen molar-refractivity contribution in [3.8, 4) is 0 Å². The van der Waals surface area contributed by atoms with Crippen molar-refractivity contribution in [3.05, 3.63) is 41.7 Å². The van der Waals surface area contributed by atoms with Gasteiger partial charge in [0, 0.05) is 12.4 Å². The van der Waals surface area contributed by atoms with Gasteiger partial charge in [0.05, 0.1) is 5.56 Å². The van der Waals surface area contributed by atoms with Gasteiger partial charge in [0.15, 0.2) is 11.6 Å². The smallest absolute Gasteiger partial charge is 0.335 e. The number of benzene rings is 1. The maximum Gasteiger partial charge on any atom is 0.335 e. The largest absolute Gasteiger partial charge is 0.478 e. The van der Waals surface area contributed by atoms with E-state index in [-0.39, 0.29) is 5.95 Å². The third kappa shape index (κ3) is 2.59. The second-order valence-corrected chi connectivity index (χ2v) is 5.27. The molecule has 3 N–H and O–H groups in total. The number of sulfonamides is 1. The maximum absolute atomic E-state index is 13.6. The van der Waals surface area contributed by atoms with E-state index in [1.54, 1.807) is 0 Å². The Labute approximate surface area is 111 Å². The zero-order valence-electron chi connectivity index (χ0n) is 9.59. The fraction of sp³-hybridized carbons (Fsp3) is 0. The molecule has 0 saturated heterocycles. The van der Waals surface area contributed by atoms with Gasteiger partial charge in [0.2, 0.25) is 5.95 Å². The summed E-state index contributed by atoms with van der Waals surface area (Å²) in [7, 11) is -4.51. The number of nitrogens with zero attached hydrogens (tertiary/aromatic N) is 1. The molecular formula is C10H7F2N3O4S. The van der Waals surface area contributed by atoms with Crippen molar-refractivity contribution in [3.63, 3.8) is 0 Å². The molecule has 0 fully saturated rings. The van der Waals surface area contributed by atoms with Crippen LogP contribution in [0, 0.1) is 11.6 Å². The van der Waals surface area contributed by atoms with Crippen molar-refractivity contribution >= 4 is 21.9 Å². The highest BCUT2D eigenvalue weighted by molar-refractivity contribution is 7.92. The fourth-order valence-electron chi connectivity index (χ4n) is 1.39. The minimum atomic E-state index is -4.51. The summed E-state index contributed by atoms with van der Waals surface area (Å²) in [6.07, 6.45) is 2.55. The van der Waals surface area contributed by atoms with Gasteiger partial charge in [-0.3, -0.25) is 0 Å². The number of imidazole rings is 1. The number of carboxylic acid groups (broad SMARTS) is 1. The molecule has 0 radical (unpaired) electrons. The number of rotatable bonds is 4. The Hall–Kier alpha value is -2.49. The summed E-state index contributed by atoms with van der Waals surface area (Å²) in [6, 6.07) is 0.912. The first-order valence-electron chi connectivity index (χ1n) is 5.06. The summed E-state index contributed by atoms with van der Waals surface area (Å²) in [6.45, 7) is 0. The summed E-state index contributed by atoms with van der Waals surface area (Å²) in [4.78, 5) is 15.6. The third-order valence-corrected chi connectivity index (χ3v) is 3.60. The number of carbonyl (C=O) groups is 1. The van der Waals surface area contributed by atoms with Crippen LogP contribution in [0.2, 0.25) is 0 Å². The van der Waals surface area contributed by atoms with E-state index < -0.39 is 38.1 Å². The molecule has 2 rings (SSSR count). The minimum absolute atomic E-state index is 0.217. The van der Waals surface area contributed by atoms with Gasteiger partial charge in [-0.25, -0.2) is 31.7 Å². The second-order valence-electron chi connectivity index (χ2n) is 3.62. The second kappa shape index (κ2) is 4.89. The Bertz CT molecular complexity index is 759. The number of aromatic carboxylic acids is 1. The molecule has 20 heavy (non-hydrogen) atoms. The van der Waals surface area contributed by atoms with E-state index >= 15 is 0 Å². The van der Waals surface area contributed by atoms with Crippen molar-refractivity contribution in [2.24, 2.45) is 0 Å². The van der Waals surface area contributed by atoms with Crippen LogP contribution in [-0.2, 0) is 10.0 Å². The highest BCUT2D eigenvalue weighted by Crippen LogP contribution is 2.21. The molecule has 1 heterocycles. The summed E-state index contributed by atoms with van der Waals surface area (Å²) >= 11 is 0. The Balaban J connectivity index is 2.53. The number of aromatic nitrogens is 2. The molecule has 0 spiro atoms. The SMILES string of the molecule is O=C(O)c1cc(F)c(F)c(S(=O)(=O)Nc2ncc[nH]2)c1. The van der Waals surface area contributed by atoms with E-state index in [1.807, 2.05) is 4.72 Å². The molecule has 1 aromatic carbocycles. The monoisotopic (exact) mass is 303 g/mol. The minimum Gasteiger partial charge on any atom is -0.478 e. The number of H-pyrrole nitrogens is 1. The lowest BCUT2D eigenvalue weighted by atomic mass is 10.2. The van der Waals surface area contributed by atoms with E-state index in [0.29, 0.717) is 12.1 Å². The molecule has 2 aromatic rings. The molecule has 1 aromatic heterocycles. The van der Waals surface area contributed by atoms with Crippen molar-refractivity contribution in [1.29, 1.82) is 0 Å². The molecule has 0 bridgehead atoms. The van der Waals surface area contributed by atoms with Crippen molar-refractivity contribution in [1.82, 2.24) is 9.97 Å². The van der Waals surface area contributed by atoms with Crippen LogP contribution in [0.15, 0.2) is 29.4 Å². The Morgan fingerprint density at radius 3 is 2.60 bits per heavy atom. The van der Waals surface area contributed by atoms with Gasteiger partial charge in [0.1, 0.15) is 4.90 Å². The predicted octanol–water partition coefficient (Wildman–Crippen LogP) is 1.19. The van der Waals surface area contributed by atoms with E-state index in [0.717, 1.165) is 0 Å². The van der Waals surface area contributed by atoms with E-state index in [2.05, 4.69) is 9.97 Å². The van der Waals surface area contributed by atoms with Crippen LogP contribution in [0.3, 0.4) is 0 Å². The lowest BCUT2D eigenvalue weighted by molar-refractivity contribution is 0.0696. The van der Waals surface area contributed by atoms with Crippen LogP contribution < -0.4 is 4.72 Å². The third-order valence-electron chi connectivity index (χ3n) is 2.26. The molecule has 0 saturated carbocycles. The van der Waals surface area contributed by atoms with Crippen LogP contribution in [-0.4, -0.2) is 29.5 Å². The quantitative estimate of drug-likeness (QED) is 0.785. The number of anilines is 1. The standard InChI is InChI=1S/C10H7F2N3O4S/c11-6-3-5(9(16)17)4-7(8(6)12)20(18,19)15-10-13-1-2-14-10/h1-4H,(H,16,17)(H2,13,14,15). The first-order valence-corrected chi connectivity index (χ1v) is 6.54. The number of carboxylic acids is 1. The zero-order valence-corrected chi connectivity index (χ0v) is 10.4. The molecule has 0 amide bonds. The predicted molar refractivity (Wildman–Crippen MR) is 62.7 cm³/mol. The molecule has 0 unspecified atom stereocenters. The van der Waals surface area contributed by atoms with Crippen LogP contribution >= 0.6 is 0 Å². The van der Waals surface area contributed by atoms with Crippen molar-refractivity contribution in [2.45, 2.75) is 4.90 Å². The number of halogens is 2. The van der Waals surface area contributed by atoms with Gasteiger partial charge < -0.3 is 10.1 Å². The lowest BCUT2D eigenvalue weighted by Gasteiger charge is -2.08. The zero-order chi connectivity index (χ0) is 14.9. The number of aromatic amines is 1. The van der Waals surface area contributed by atoms with Gasteiger partial charge in [0.25, 0.3) is 10.0 Å². The maximum atomic E-state index is 13.6. The molecule has 10 heteroatoms. The average Bonchev–Trinajstić information content (AvgIpc) is 2.83. The number of hydrogen-bond donors (Lipinski definition) is 3. The average molecular weight is 303 g/mol. The van der Waals surface area contributed by atoms with Gasteiger partial charge in [-0.05, 0) is 12.1 Å². The van der Waals surface area contributed by atoms with Crippen molar-refractivity contribution < 1.29 is 27.1 Å². The topological polar surface area (TPSA) is 112 Å². The van der Waals surface area contributed by atoms with Gasteiger partial charge in [-0.15, -0.1) is 0 Å². The normalized spacial score (nSPS) is 11.3. The van der Waals surface area contributed by atoms with Crippen LogP contribution in [0.1, 0.15) is 10.4 Å². The summed E-state index contributed by atoms with van der Waals surface area (Å²) in [5, 5.41) is 8.72. The van der Waals surface area contributed by atoms with E-state index in [9.17, 15) is 22.0 Å². The number of nitrogens with one attached hydrogen (secondary N) is 2. The molecule has 106 valence electrons. The Kier molecular flexibility index (Phi) is 3.40. The first-order chi connectivity index (χ1) is 9.31. The molecule has 0 aliphatic carbocycles. The van der Waals surface area contributed by atoms with Crippen LogP contribution in [0.5, 0.6) is 0 Å². The molecule has 0 aliphatic rings. The van der Waals surface area contributed by atoms with E-state index in [4.69, 9.17) is 5.11 Å². The van der Waals surface area contributed by atoms with Crippen LogP contribution in [0.4, 0.5) is 14.7 Å².